The van der Waals surface area contributed by atoms with Gasteiger partial charge in [0.05, 0.1) is 6.26 Å². The summed E-state index contributed by atoms with van der Waals surface area (Å²) in [5.74, 6) is 0. The molecule has 1 aromatic carbocycles. The molecule has 0 unspecified atom stereocenters. The zero-order chi connectivity index (χ0) is 15.3. The van der Waals surface area contributed by atoms with Gasteiger partial charge in [-0.15, -0.1) is 0 Å². The van der Waals surface area contributed by atoms with E-state index in [1.165, 1.54) is 0 Å². The quantitative estimate of drug-likeness (QED) is 0.493. The highest BCUT2D eigenvalue weighted by Crippen LogP contribution is 2.34. The molecule has 0 saturated heterocycles. The number of aromatic nitrogens is 1. The van der Waals surface area contributed by atoms with E-state index in [9.17, 15) is 4.79 Å². The molecule has 0 fully saturated rings. The molecule has 4 nitrogen and oxygen atoms in total. The van der Waals surface area contributed by atoms with Gasteiger partial charge in [0.25, 0.3) is 0 Å². The van der Waals surface area contributed by atoms with Crippen molar-refractivity contribution < 1.29 is 8.83 Å². The molecule has 4 aromatic rings. The number of benzene rings is 1. The van der Waals surface area contributed by atoms with Crippen molar-refractivity contribution in [1.82, 2.24) is 4.98 Å². The Morgan fingerprint density at radius 2 is 1.91 bits per heavy atom. The largest absolute Gasteiger partial charge is 0.464 e. The predicted octanol–water partition coefficient (Wildman–Crippen LogP) is 4.22. The van der Waals surface area contributed by atoms with Crippen LogP contribution in [-0.4, -0.2) is 4.98 Å². The van der Waals surface area contributed by atoms with Crippen LogP contribution in [0.25, 0.3) is 33.1 Å². The SMILES string of the molecule is Cc1c(C)c2cc3c(-c4cccnc4)coc3cc2oc1=O. The second-order valence-electron chi connectivity index (χ2n) is 5.38. The number of hydrogen-bond acceptors (Lipinski definition) is 4. The molecule has 0 spiro atoms. The molecule has 0 aliphatic carbocycles. The fraction of sp³-hybridized carbons (Fsp3) is 0.111. The Hall–Kier alpha value is -2.88. The Kier molecular flexibility index (Phi) is 2.66. The first-order valence-electron chi connectivity index (χ1n) is 7.01. The molecule has 0 N–H and O–H groups in total. The van der Waals surface area contributed by atoms with Gasteiger partial charge in [0.2, 0.25) is 0 Å². The normalized spacial score (nSPS) is 11.4. The monoisotopic (exact) mass is 291 g/mol. The summed E-state index contributed by atoms with van der Waals surface area (Å²) in [5.41, 5.74) is 4.49. The molecular formula is C18H13NO3. The number of aryl methyl sites for hydroxylation is 1. The van der Waals surface area contributed by atoms with Crippen molar-refractivity contribution in [2.24, 2.45) is 0 Å². The molecule has 0 aliphatic heterocycles. The summed E-state index contributed by atoms with van der Waals surface area (Å²) in [7, 11) is 0. The number of fused-ring (bicyclic) bond motifs is 2. The van der Waals surface area contributed by atoms with Gasteiger partial charge in [-0.3, -0.25) is 4.98 Å². The Morgan fingerprint density at radius 3 is 2.68 bits per heavy atom. The Labute approximate surface area is 126 Å². The van der Waals surface area contributed by atoms with Gasteiger partial charge in [0, 0.05) is 45.9 Å². The fourth-order valence-electron chi connectivity index (χ4n) is 2.71. The van der Waals surface area contributed by atoms with Gasteiger partial charge in [-0.05, 0) is 31.5 Å². The van der Waals surface area contributed by atoms with Crippen LogP contribution in [-0.2, 0) is 0 Å². The highest BCUT2D eigenvalue weighted by atomic mass is 16.4. The van der Waals surface area contributed by atoms with Gasteiger partial charge in [-0.2, -0.15) is 0 Å². The molecule has 3 heterocycles. The van der Waals surface area contributed by atoms with Gasteiger partial charge >= 0.3 is 5.63 Å². The van der Waals surface area contributed by atoms with Crippen molar-refractivity contribution in [3.05, 3.63) is 64.5 Å². The van der Waals surface area contributed by atoms with Crippen LogP contribution in [0, 0.1) is 13.8 Å². The van der Waals surface area contributed by atoms with Crippen molar-refractivity contribution >= 4 is 21.9 Å². The molecule has 4 rings (SSSR count). The van der Waals surface area contributed by atoms with Crippen LogP contribution in [0.5, 0.6) is 0 Å². The van der Waals surface area contributed by atoms with Crippen LogP contribution in [0.1, 0.15) is 11.1 Å². The number of furan rings is 1. The van der Waals surface area contributed by atoms with Crippen LogP contribution < -0.4 is 5.63 Å². The smallest absolute Gasteiger partial charge is 0.339 e. The molecule has 0 atom stereocenters. The molecule has 0 bridgehead atoms. The first kappa shape index (κ1) is 12.8. The average molecular weight is 291 g/mol. The zero-order valence-electron chi connectivity index (χ0n) is 12.2. The molecule has 0 aliphatic rings. The van der Waals surface area contributed by atoms with E-state index in [1.807, 2.05) is 25.1 Å². The first-order valence-corrected chi connectivity index (χ1v) is 7.01. The predicted molar refractivity (Wildman–Crippen MR) is 85.0 cm³/mol. The minimum atomic E-state index is -0.302. The van der Waals surface area contributed by atoms with E-state index < -0.39 is 0 Å². The van der Waals surface area contributed by atoms with Gasteiger partial charge < -0.3 is 8.83 Å². The summed E-state index contributed by atoms with van der Waals surface area (Å²) in [4.78, 5) is 16.0. The molecule has 0 amide bonds. The maximum Gasteiger partial charge on any atom is 0.339 e. The van der Waals surface area contributed by atoms with E-state index in [4.69, 9.17) is 8.83 Å². The molecule has 0 saturated carbocycles. The van der Waals surface area contributed by atoms with Crippen LogP contribution in [0.3, 0.4) is 0 Å². The van der Waals surface area contributed by atoms with Crippen LogP contribution in [0.4, 0.5) is 0 Å². The first-order chi connectivity index (χ1) is 10.6. The highest BCUT2D eigenvalue weighted by Gasteiger charge is 2.13. The summed E-state index contributed by atoms with van der Waals surface area (Å²) >= 11 is 0. The average Bonchev–Trinajstić information content (AvgIpc) is 2.95. The lowest BCUT2D eigenvalue weighted by Crippen LogP contribution is -2.05. The van der Waals surface area contributed by atoms with E-state index in [-0.39, 0.29) is 5.63 Å². The summed E-state index contributed by atoms with van der Waals surface area (Å²) in [6.45, 7) is 3.71. The molecule has 4 heteroatoms. The molecule has 22 heavy (non-hydrogen) atoms. The topological polar surface area (TPSA) is 56.2 Å². The molecule has 0 radical (unpaired) electrons. The Morgan fingerprint density at radius 1 is 1.05 bits per heavy atom. The van der Waals surface area contributed by atoms with Crippen molar-refractivity contribution in [3.63, 3.8) is 0 Å². The maximum absolute atomic E-state index is 11.8. The fourth-order valence-corrected chi connectivity index (χ4v) is 2.71. The lowest BCUT2D eigenvalue weighted by Gasteiger charge is -2.04. The van der Waals surface area contributed by atoms with Crippen molar-refractivity contribution in [1.29, 1.82) is 0 Å². The summed E-state index contributed by atoms with van der Waals surface area (Å²) in [6.07, 6.45) is 5.25. The van der Waals surface area contributed by atoms with E-state index in [2.05, 4.69) is 4.98 Å². The lowest BCUT2D eigenvalue weighted by atomic mass is 10.0. The highest BCUT2D eigenvalue weighted by molar-refractivity contribution is 6.02. The van der Waals surface area contributed by atoms with Gasteiger partial charge in [0.1, 0.15) is 11.2 Å². The number of nitrogens with zero attached hydrogens (tertiary/aromatic N) is 1. The third kappa shape index (κ3) is 1.77. The van der Waals surface area contributed by atoms with Gasteiger partial charge in [0.15, 0.2) is 0 Å². The van der Waals surface area contributed by atoms with Gasteiger partial charge in [-0.25, -0.2) is 4.79 Å². The van der Waals surface area contributed by atoms with Crippen LogP contribution >= 0.6 is 0 Å². The van der Waals surface area contributed by atoms with E-state index >= 15 is 0 Å². The van der Waals surface area contributed by atoms with E-state index in [0.29, 0.717) is 16.7 Å². The number of hydrogen-bond donors (Lipinski definition) is 0. The maximum atomic E-state index is 11.8. The van der Waals surface area contributed by atoms with Crippen LogP contribution in [0.2, 0.25) is 0 Å². The second kappa shape index (κ2) is 4.56. The van der Waals surface area contributed by atoms with Crippen LogP contribution in [0.15, 0.2) is 56.6 Å². The third-order valence-corrected chi connectivity index (χ3v) is 4.12. The third-order valence-electron chi connectivity index (χ3n) is 4.12. The van der Waals surface area contributed by atoms with Crippen molar-refractivity contribution in [2.45, 2.75) is 13.8 Å². The minimum Gasteiger partial charge on any atom is -0.464 e. The lowest BCUT2D eigenvalue weighted by molar-refractivity contribution is 0.552. The number of rotatable bonds is 1. The van der Waals surface area contributed by atoms with E-state index in [0.717, 1.165) is 27.5 Å². The number of pyridine rings is 1. The standard InChI is InChI=1S/C18H13NO3/c1-10-11(2)18(20)22-17-7-16-14(6-13(10)17)15(9-21-16)12-4-3-5-19-8-12/h3-9H,1-2H3. The summed E-state index contributed by atoms with van der Waals surface area (Å²) in [6, 6.07) is 7.68. The molecule has 108 valence electrons. The van der Waals surface area contributed by atoms with Crippen molar-refractivity contribution in [2.75, 3.05) is 0 Å². The minimum absolute atomic E-state index is 0.302. The van der Waals surface area contributed by atoms with E-state index in [1.54, 1.807) is 31.6 Å². The Balaban J connectivity index is 2.10. The molecule has 3 aromatic heterocycles. The van der Waals surface area contributed by atoms with Gasteiger partial charge in [-0.1, -0.05) is 6.07 Å². The second-order valence-corrected chi connectivity index (χ2v) is 5.38. The van der Waals surface area contributed by atoms with Crippen molar-refractivity contribution in [3.8, 4) is 11.1 Å². The molecular weight excluding hydrogens is 278 g/mol. The summed E-state index contributed by atoms with van der Waals surface area (Å²) in [5, 5.41) is 1.91. The summed E-state index contributed by atoms with van der Waals surface area (Å²) < 4.78 is 11.0. The Bertz CT molecular complexity index is 1060. The zero-order valence-corrected chi connectivity index (χ0v) is 12.2.